The first-order chi connectivity index (χ1) is 8.54. The van der Waals surface area contributed by atoms with Crippen LogP contribution in [0.4, 0.5) is 0 Å². The molecule has 0 atom stereocenters. The number of carbonyl (C=O) groups is 1. The van der Waals surface area contributed by atoms with Gasteiger partial charge >= 0.3 is 0 Å². The number of rotatable bonds is 6. The van der Waals surface area contributed by atoms with Gasteiger partial charge in [-0.1, -0.05) is 43.6 Å². The quantitative estimate of drug-likeness (QED) is 0.860. The van der Waals surface area contributed by atoms with Crippen molar-refractivity contribution in [3.63, 3.8) is 0 Å². The molecule has 0 fully saturated rings. The summed E-state index contributed by atoms with van der Waals surface area (Å²) in [6, 6.07) is 7.94. The molecule has 100 valence electrons. The standard InChI is InChI=1S/C14H21ClN2O/c1-4-17(14(18)9-16-11(2)3)10-12-7-5-6-8-13(12)15/h5-8,11,16H,4,9-10H2,1-3H3. The van der Waals surface area contributed by atoms with Gasteiger partial charge in [0.05, 0.1) is 6.54 Å². The van der Waals surface area contributed by atoms with Crippen molar-refractivity contribution in [2.24, 2.45) is 0 Å². The van der Waals surface area contributed by atoms with Gasteiger partial charge < -0.3 is 10.2 Å². The molecule has 1 aromatic rings. The van der Waals surface area contributed by atoms with Crippen LogP contribution < -0.4 is 5.32 Å². The summed E-state index contributed by atoms with van der Waals surface area (Å²) in [5.41, 5.74) is 0.985. The van der Waals surface area contributed by atoms with Gasteiger partial charge in [0, 0.05) is 24.2 Å². The molecule has 0 aromatic heterocycles. The number of hydrogen-bond acceptors (Lipinski definition) is 2. The monoisotopic (exact) mass is 268 g/mol. The molecule has 18 heavy (non-hydrogen) atoms. The molecule has 0 saturated carbocycles. The highest BCUT2D eigenvalue weighted by atomic mass is 35.5. The van der Waals surface area contributed by atoms with Crippen LogP contribution in [0.1, 0.15) is 26.3 Å². The van der Waals surface area contributed by atoms with Crippen LogP contribution in [0.3, 0.4) is 0 Å². The van der Waals surface area contributed by atoms with Crippen LogP contribution in [0.25, 0.3) is 0 Å². The van der Waals surface area contributed by atoms with E-state index in [2.05, 4.69) is 5.32 Å². The summed E-state index contributed by atoms with van der Waals surface area (Å²) in [5, 5.41) is 3.85. The summed E-state index contributed by atoms with van der Waals surface area (Å²) < 4.78 is 0. The molecular weight excluding hydrogens is 248 g/mol. The van der Waals surface area contributed by atoms with Gasteiger partial charge in [0.2, 0.25) is 5.91 Å². The molecule has 0 unspecified atom stereocenters. The molecule has 0 aliphatic heterocycles. The Bertz CT molecular complexity index is 393. The number of carbonyl (C=O) groups excluding carboxylic acids is 1. The summed E-state index contributed by atoms with van der Waals surface area (Å²) in [6.45, 7) is 7.65. The second-order valence-electron chi connectivity index (χ2n) is 4.53. The van der Waals surface area contributed by atoms with E-state index < -0.39 is 0 Å². The molecule has 1 aromatic carbocycles. The number of amides is 1. The Labute approximate surface area is 114 Å². The highest BCUT2D eigenvalue weighted by molar-refractivity contribution is 6.31. The Morgan fingerprint density at radius 2 is 2.06 bits per heavy atom. The normalized spacial score (nSPS) is 10.7. The summed E-state index contributed by atoms with van der Waals surface area (Å²) >= 11 is 6.10. The number of likely N-dealkylation sites (N-methyl/N-ethyl adjacent to an activating group) is 1. The molecule has 0 bridgehead atoms. The van der Waals surface area contributed by atoms with Crippen LogP contribution in [0.2, 0.25) is 5.02 Å². The van der Waals surface area contributed by atoms with Gasteiger partial charge in [0.25, 0.3) is 0 Å². The second kappa shape index (κ2) is 7.39. The van der Waals surface area contributed by atoms with Gasteiger partial charge in [-0.2, -0.15) is 0 Å². The summed E-state index contributed by atoms with van der Waals surface area (Å²) in [7, 11) is 0. The van der Waals surface area contributed by atoms with E-state index in [4.69, 9.17) is 11.6 Å². The molecule has 0 saturated heterocycles. The van der Waals surface area contributed by atoms with Gasteiger partial charge in [-0.3, -0.25) is 4.79 Å². The average Bonchev–Trinajstić information content (AvgIpc) is 2.35. The van der Waals surface area contributed by atoms with E-state index in [0.717, 1.165) is 5.56 Å². The van der Waals surface area contributed by atoms with Crippen molar-refractivity contribution in [3.8, 4) is 0 Å². The minimum atomic E-state index is 0.103. The molecule has 1 amide bonds. The molecule has 4 heteroatoms. The predicted octanol–water partition coefficient (Wildman–Crippen LogP) is 2.69. The molecule has 0 radical (unpaired) electrons. The minimum absolute atomic E-state index is 0.103. The lowest BCUT2D eigenvalue weighted by atomic mass is 10.2. The maximum atomic E-state index is 12.0. The summed E-state index contributed by atoms with van der Waals surface area (Å²) in [5.74, 6) is 0.103. The molecule has 0 heterocycles. The Morgan fingerprint density at radius 1 is 1.39 bits per heavy atom. The SMILES string of the molecule is CCN(Cc1ccccc1Cl)C(=O)CNC(C)C. The molecule has 3 nitrogen and oxygen atoms in total. The number of halogens is 1. The molecular formula is C14H21ClN2O. The van der Waals surface area contributed by atoms with E-state index in [1.54, 1.807) is 4.90 Å². The predicted molar refractivity (Wildman–Crippen MR) is 75.7 cm³/mol. The average molecular weight is 269 g/mol. The van der Waals surface area contributed by atoms with Crippen molar-refractivity contribution in [1.29, 1.82) is 0 Å². The highest BCUT2D eigenvalue weighted by Gasteiger charge is 2.13. The van der Waals surface area contributed by atoms with E-state index in [9.17, 15) is 4.79 Å². The van der Waals surface area contributed by atoms with Crippen molar-refractivity contribution >= 4 is 17.5 Å². The molecule has 0 aliphatic rings. The lowest BCUT2D eigenvalue weighted by Crippen LogP contribution is -2.39. The molecule has 0 spiro atoms. The third kappa shape index (κ3) is 4.67. The highest BCUT2D eigenvalue weighted by Crippen LogP contribution is 2.16. The van der Waals surface area contributed by atoms with E-state index in [1.165, 1.54) is 0 Å². The number of nitrogens with one attached hydrogen (secondary N) is 1. The first-order valence-electron chi connectivity index (χ1n) is 6.29. The topological polar surface area (TPSA) is 32.3 Å². The maximum absolute atomic E-state index is 12.0. The zero-order valence-corrected chi connectivity index (χ0v) is 12.0. The van der Waals surface area contributed by atoms with Gasteiger partial charge in [-0.25, -0.2) is 0 Å². The van der Waals surface area contributed by atoms with Crippen molar-refractivity contribution < 1.29 is 4.79 Å². The molecule has 1 N–H and O–H groups in total. The minimum Gasteiger partial charge on any atom is -0.337 e. The van der Waals surface area contributed by atoms with Crippen molar-refractivity contribution in [2.45, 2.75) is 33.4 Å². The third-order valence-corrected chi connectivity index (χ3v) is 3.08. The smallest absolute Gasteiger partial charge is 0.236 e. The molecule has 1 rings (SSSR count). The molecule has 0 aliphatic carbocycles. The fourth-order valence-corrected chi connectivity index (χ4v) is 1.81. The fraction of sp³-hybridized carbons (Fsp3) is 0.500. The van der Waals surface area contributed by atoms with E-state index >= 15 is 0 Å². The fourth-order valence-electron chi connectivity index (χ4n) is 1.61. The second-order valence-corrected chi connectivity index (χ2v) is 4.94. The third-order valence-electron chi connectivity index (χ3n) is 2.72. The van der Waals surface area contributed by atoms with Crippen LogP contribution in [-0.4, -0.2) is 29.9 Å². The van der Waals surface area contributed by atoms with Gasteiger partial charge in [-0.05, 0) is 18.6 Å². The van der Waals surface area contributed by atoms with Crippen LogP contribution in [0.15, 0.2) is 24.3 Å². The zero-order valence-electron chi connectivity index (χ0n) is 11.2. The van der Waals surface area contributed by atoms with E-state index in [0.29, 0.717) is 30.7 Å². The summed E-state index contributed by atoms with van der Waals surface area (Å²) in [4.78, 5) is 13.8. The zero-order chi connectivity index (χ0) is 13.5. The Hall–Kier alpha value is -1.06. The lowest BCUT2D eigenvalue weighted by molar-refractivity contribution is -0.130. The van der Waals surface area contributed by atoms with Crippen molar-refractivity contribution in [3.05, 3.63) is 34.9 Å². The lowest BCUT2D eigenvalue weighted by Gasteiger charge is -2.22. The van der Waals surface area contributed by atoms with E-state index in [1.807, 2.05) is 45.0 Å². The number of benzene rings is 1. The van der Waals surface area contributed by atoms with Crippen LogP contribution in [0.5, 0.6) is 0 Å². The van der Waals surface area contributed by atoms with Crippen LogP contribution >= 0.6 is 11.6 Å². The van der Waals surface area contributed by atoms with Gasteiger partial charge in [0.15, 0.2) is 0 Å². The Kier molecular flexibility index (Phi) is 6.16. The van der Waals surface area contributed by atoms with Crippen LogP contribution in [-0.2, 0) is 11.3 Å². The van der Waals surface area contributed by atoms with Crippen molar-refractivity contribution in [1.82, 2.24) is 10.2 Å². The van der Waals surface area contributed by atoms with Gasteiger partial charge in [-0.15, -0.1) is 0 Å². The first-order valence-corrected chi connectivity index (χ1v) is 6.67. The van der Waals surface area contributed by atoms with Crippen LogP contribution in [0, 0.1) is 0 Å². The number of hydrogen-bond donors (Lipinski definition) is 1. The summed E-state index contributed by atoms with van der Waals surface area (Å²) in [6.07, 6.45) is 0. The van der Waals surface area contributed by atoms with E-state index in [-0.39, 0.29) is 5.91 Å². The Morgan fingerprint density at radius 3 is 2.61 bits per heavy atom. The largest absolute Gasteiger partial charge is 0.337 e. The number of nitrogens with zero attached hydrogens (tertiary/aromatic N) is 1. The van der Waals surface area contributed by atoms with Gasteiger partial charge in [0.1, 0.15) is 0 Å². The first kappa shape index (κ1) is 15.0. The Balaban J connectivity index is 2.62. The maximum Gasteiger partial charge on any atom is 0.236 e. The van der Waals surface area contributed by atoms with Crippen molar-refractivity contribution in [2.75, 3.05) is 13.1 Å².